The predicted molar refractivity (Wildman–Crippen MR) is 97.2 cm³/mol. The predicted octanol–water partition coefficient (Wildman–Crippen LogP) is 1.90. The topological polar surface area (TPSA) is 109 Å². The Bertz CT molecular complexity index is 902. The highest BCUT2D eigenvalue weighted by atomic mass is 32.2. The maximum Gasteiger partial charge on any atom is 0.238 e. The van der Waals surface area contributed by atoms with E-state index in [0.29, 0.717) is 24.0 Å². The van der Waals surface area contributed by atoms with Crippen molar-refractivity contribution in [3.05, 3.63) is 48.2 Å². The number of anilines is 1. The number of aromatic nitrogens is 1. The number of nitrogens with two attached hydrogens (primary N) is 1. The van der Waals surface area contributed by atoms with E-state index in [4.69, 9.17) is 9.88 Å². The molecule has 1 aliphatic heterocycles. The van der Waals surface area contributed by atoms with E-state index in [2.05, 4.69) is 16.0 Å². The minimum Gasteiger partial charge on any atom is -0.477 e. The lowest BCUT2D eigenvalue weighted by Gasteiger charge is -2.34. The van der Waals surface area contributed by atoms with Crippen molar-refractivity contribution in [2.24, 2.45) is 11.1 Å². The standard InChI is InChI=1S/C18H20N4O3S/c19-12-15-11-16(26(20,23)24)4-5-17(15)22-9-6-14(7-10-22)13-25-18-3-1-2-8-21-18/h1-5,8,11,14H,6-7,9-10,13H2,(H2,20,23,24). The second kappa shape index (κ2) is 7.72. The van der Waals surface area contributed by atoms with Crippen LogP contribution in [0, 0.1) is 17.2 Å². The van der Waals surface area contributed by atoms with E-state index in [1.54, 1.807) is 12.3 Å². The number of hydrogen-bond acceptors (Lipinski definition) is 6. The maximum absolute atomic E-state index is 11.5. The fourth-order valence-corrected chi connectivity index (χ4v) is 3.57. The number of piperidine rings is 1. The number of primary sulfonamides is 1. The van der Waals surface area contributed by atoms with Crippen LogP contribution in [0.2, 0.25) is 0 Å². The first-order valence-electron chi connectivity index (χ1n) is 8.33. The minimum absolute atomic E-state index is 0.0450. The van der Waals surface area contributed by atoms with Gasteiger partial charge in [-0.3, -0.25) is 0 Å². The molecule has 26 heavy (non-hydrogen) atoms. The van der Waals surface area contributed by atoms with Crippen molar-refractivity contribution in [3.8, 4) is 11.9 Å². The van der Waals surface area contributed by atoms with Gasteiger partial charge >= 0.3 is 0 Å². The van der Waals surface area contributed by atoms with Gasteiger partial charge in [-0.15, -0.1) is 0 Å². The Labute approximate surface area is 153 Å². The Balaban J connectivity index is 1.62. The highest BCUT2D eigenvalue weighted by Gasteiger charge is 2.22. The van der Waals surface area contributed by atoms with Crippen LogP contribution in [0.15, 0.2) is 47.5 Å². The Morgan fingerprint density at radius 1 is 1.27 bits per heavy atom. The summed E-state index contributed by atoms with van der Waals surface area (Å²) in [5.41, 5.74) is 1.06. The zero-order valence-electron chi connectivity index (χ0n) is 14.2. The molecule has 0 amide bonds. The van der Waals surface area contributed by atoms with Crippen molar-refractivity contribution in [1.29, 1.82) is 5.26 Å². The molecule has 0 radical (unpaired) electrons. The van der Waals surface area contributed by atoms with Crippen LogP contribution in [0.5, 0.6) is 5.88 Å². The van der Waals surface area contributed by atoms with Crippen LogP contribution >= 0.6 is 0 Å². The van der Waals surface area contributed by atoms with Gasteiger partial charge in [0.1, 0.15) is 6.07 Å². The van der Waals surface area contributed by atoms with Crippen LogP contribution in [0.25, 0.3) is 0 Å². The second-order valence-corrected chi connectivity index (χ2v) is 7.81. The van der Waals surface area contributed by atoms with E-state index in [0.717, 1.165) is 31.6 Å². The van der Waals surface area contributed by atoms with Crippen molar-refractivity contribution >= 4 is 15.7 Å². The summed E-state index contributed by atoms with van der Waals surface area (Å²) >= 11 is 0. The third-order valence-corrected chi connectivity index (χ3v) is 5.39. The maximum atomic E-state index is 11.5. The smallest absolute Gasteiger partial charge is 0.238 e. The van der Waals surface area contributed by atoms with Crippen molar-refractivity contribution in [2.45, 2.75) is 17.7 Å². The molecule has 1 aromatic carbocycles. The number of nitrogens with zero attached hydrogens (tertiary/aromatic N) is 3. The summed E-state index contributed by atoms with van der Waals surface area (Å²) in [6.07, 6.45) is 3.55. The average molecular weight is 372 g/mol. The molecular weight excluding hydrogens is 352 g/mol. The van der Waals surface area contributed by atoms with Crippen molar-refractivity contribution in [3.63, 3.8) is 0 Å². The molecule has 1 aromatic heterocycles. The molecule has 136 valence electrons. The van der Waals surface area contributed by atoms with Crippen LogP contribution in [0.4, 0.5) is 5.69 Å². The molecule has 1 aliphatic rings. The number of sulfonamides is 1. The summed E-state index contributed by atoms with van der Waals surface area (Å²) in [6.45, 7) is 2.17. The summed E-state index contributed by atoms with van der Waals surface area (Å²) in [5, 5.41) is 14.5. The number of pyridine rings is 1. The zero-order chi connectivity index (χ0) is 18.6. The summed E-state index contributed by atoms with van der Waals surface area (Å²) in [4.78, 5) is 6.20. The first kappa shape index (κ1) is 18.2. The fourth-order valence-electron chi connectivity index (χ4n) is 3.03. The summed E-state index contributed by atoms with van der Waals surface area (Å²) in [6, 6.07) is 12.1. The van der Waals surface area contributed by atoms with Crippen LogP contribution < -0.4 is 14.8 Å². The molecule has 3 rings (SSSR count). The van der Waals surface area contributed by atoms with Crippen molar-refractivity contribution in [2.75, 3.05) is 24.6 Å². The number of benzene rings is 1. The van der Waals surface area contributed by atoms with Gasteiger partial charge < -0.3 is 9.64 Å². The molecule has 2 N–H and O–H groups in total. The monoisotopic (exact) mass is 372 g/mol. The Kier molecular flexibility index (Phi) is 5.40. The zero-order valence-corrected chi connectivity index (χ0v) is 15.0. The molecule has 0 aliphatic carbocycles. The molecule has 0 saturated carbocycles. The van der Waals surface area contributed by atoms with Crippen molar-refractivity contribution in [1.82, 2.24) is 4.98 Å². The first-order valence-corrected chi connectivity index (χ1v) is 9.88. The number of nitriles is 1. The molecule has 0 spiro atoms. The SMILES string of the molecule is N#Cc1cc(S(N)(=O)=O)ccc1N1CCC(COc2ccccn2)CC1. The highest BCUT2D eigenvalue weighted by molar-refractivity contribution is 7.89. The van der Waals surface area contributed by atoms with Crippen LogP contribution in [0.1, 0.15) is 18.4 Å². The van der Waals surface area contributed by atoms with E-state index in [-0.39, 0.29) is 4.90 Å². The molecule has 2 aromatic rings. The van der Waals surface area contributed by atoms with Crippen LogP contribution in [-0.4, -0.2) is 33.1 Å². The third kappa shape index (κ3) is 4.31. The summed E-state index contributed by atoms with van der Waals surface area (Å²) < 4.78 is 28.6. The number of hydrogen-bond donors (Lipinski definition) is 1. The third-order valence-electron chi connectivity index (χ3n) is 4.48. The molecule has 1 fully saturated rings. The van der Waals surface area contributed by atoms with Crippen LogP contribution in [0.3, 0.4) is 0 Å². The lowest BCUT2D eigenvalue weighted by Crippen LogP contribution is -2.36. The largest absolute Gasteiger partial charge is 0.477 e. The Morgan fingerprint density at radius 3 is 2.65 bits per heavy atom. The van der Waals surface area contributed by atoms with E-state index < -0.39 is 10.0 Å². The van der Waals surface area contributed by atoms with E-state index in [1.165, 1.54) is 12.1 Å². The second-order valence-electron chi connectivity index (χ2n) is 6.25. The van der Waals surface area contributed by atoms with Gasteiger partial charge in [0, 0.05) is 25.4 Å². The lowest BCUT2D eigenvalue weighted by molar-refractivity contribution is 0.216. The van der Waals surface area contributed by atoms with E-state index in [9.17, 15) is 13.7 Å². The van der Waals surface area contributed by atoms with E-state index >= 15 is 0 Å². The molecule has 7 nitrogen and oxygen atoms in total. The highest BCUT2D eigenvalue weighted by Crippen LogP contribution is 2.28. The van der Waals surface area contributed by atoms with Gasteiger partial charge in [0.15, 0.2) is 0 Å². The van der Waals surface area contributed by atoms with Gasteiger partial charge in [-0.2, -0.15) is 5.26 Å². The fraction of sp³-hybridized carbons (Fsp3) is 0.333. The Hall–Kier alpha value is -2.63. The quantitative estimate of drug-likeness (QED) is 0.858. The van der Waals surface area contributed by atoms with Gasteiger partial charge in [0.25, 0.3) is 0 Å². The molecule has 1 saturated heterocycles. The van der Waals surface area contributed by atoms with Gasteiger partial charge in [0.05, 0.1) is 22.8 Å². The first-order chi connectivity index (χ1) is 12.5. The van der Waals surface area contributed by atoms with Gasteiger partial charge in [-0.05, 0) is 43.0 Å². The van der Waals surface area contributed by atoms with Crippen LogP contribution in [-0.2, 0) is 10.0 Å². The molecule has 8 heteroatoms. The average Bonchev–Trinajstić information content (AvgIpc) is 2.66. The summed E-state index contributed by atoms with van der Waals surface area (Å²) in [5.74, 6) is 1.04. The molecule has 0 bridgehead atoms. The van der Waals surface area contributed by atoms with E-state index in [1.807, 2.05) is 18.2 Å². The molecule has 2 heterocycles. The van der Waals surface area contributed by atoms with Gasteiger partial charge in [-0.25, -0.2) is 18.5 Å². The minimum atomic E-state index is -3.82. The number of rotatable bonds is 5. The summed E-state index contributed by atoms with van der Waals surface area (Å²) in [7, 11) is -3.82. The molecule has 0 atom stereocenters. The normalized spacial score (nSPS) is 15.5. The van der Waals surface area contributed by atoms with Crippen molar-refractivity contribution < 1.29 is 13.2 Å². The van der Waals surface area contributed by atoms with Gasteiger partial charge in [0.2, 0.25) is 15.9 Å². The molecule has 0 unspecified atom stereocenters. The van der Waals surface area contributed by atoms with Gasteiger partial charge in [-0.1, -0.05) is 6.07 Å². The molecular formula is C18H20N4O3S. The Morgan fingerprint density at radius 2 is 2.04 bits per heavy atom. The number of ether oxygens (including phenoxy) is 1. The lowest BCUT2D eigenvalue weighted by atomic mass is 9.97.